The zero-order valence-electron chi connectivity index (χ0n) is 12.6. The monoisotopic (exact) mass is 332 g/mol. The molecule has 0 aliphatic carbocycles. The van der Waals surface area contributed by atoms with Gasteiger partial charge in [-0.25, -0.2) is 4.98 Å². The van der Waals surface area contributed by atoms with Gasteiger partial charge >= 0.3 is 0 Å². The lowest BCUT2D eigenvalue weighted by molar-refractivity contribution is -0.115. The number of nitrogens with zero attached hydrogens (tertiary/aromatic N) is 4. The second kappa shape index (κ2) is 7.36. The largest absolute Gasteiger partial charge is 0.497 e. The summed E-state index contributed by atoms with van der Waals surface area (Å²) in [7, 11) is 1.58. The maximum Gasteiger partial charge on any atom is 0.230 e. The molecule has 0 atom stereocenters. The van der Waals surface area contributed by atoms with Gasteiger partial charge in [-0.3, -0.25) is 9.69 Å². The highest BCUT2D eigenvalue weighted by Gasteiger charge is 2.17. The Morgan fingerprint density at radius 2 is 2.04 bits per heavy atom. The van der Waals surface area contributed by atoms with E-state index in [1.807, 2.05) is 0 Å². The molecule has 120 valence electrons. The summed E-state index contributed by atoms with van der Waals surface area (Å²) >= 11 is 1.31. The van der Waals surface area contributed by atoms with Crippen molar-refractivity contribution in [1.29, 1.82) is 0 Å². The molecule has 0 spiro atoms. The van der Waals surface area contributed by atoms with Crippen molar-refractivity contribution in [3.63, 3.8) is 0 Å². The fourth-order valence-corrected chi connectivity index (χ4v) is 2.59. The molecule has 0 fully saturated rings. The lowest BCUT2D eigenvalue weighted by Crippen LogP contribution is -2.22. The van der Waals surface area contributed by atoms with Crippen LogP contribution in [0.5, 0.6) is 5.75 Å². The van der Waals surface area contributed by atoms with E-state index in [4.69, 9.17) is 16.2 Å². The highest BCUT2D eigenvalue weighted by Crippen LogP contribution is 2.29. The van der Waals surface area contributed by atoms with Crippen molar-refractivity contribution in [2.24, 2.45) is 21.7 Å². The smallest absolute Gasteiger partial charge is 0.230 e. The van der Waals surface area contributed by atoms with Gasteiger partial charge in [-0.1, -0.05) is 0 Å². The van der Waals surface area contributed by atoms with Crippen LogP contribution in [-0.4, -0.2) is 30.2 Å². The van der Waals surface area contributed by atoms with E-state index in [9.17, 15) is 4.79 Å². The fraction of sp³-hybridized carbons (Fsp3) is 0.143. The molecule has 2 rings (SSSR count). The fourth-order valence-electron chi connectivity index (χ4n) is 1.75. The molecule has 0 aliphatic rings. The number of nitrogens with two attached hydrogens (primary N) is 2. The van der Waals surface area contributed by atoms with Crippen molar-refractivity contribution in [1.82, 2.24) is 4.98 Å². The number of guanidine groups is 1. The van der Waals surface area contributed by atoms with Crippen molar-refractivity contribution in [2.75, 3.05) is 12.0 Å². The summed E-state index contributed by atoms with van der Waals surface area (Å²) in [4.78, 5) is 17.8. The minimum atomic E-state index is -0.155. The third-order valence-electron chi connectivity index (χ3n) is 2.71. The van der Waals surface area contributed by atoms with Gasteiger partial charge in [0.25, 0.3) is 0 Å². The van der Waals surface area contributed by atoms with Gasteiger partial charge in [-0.15, -0.1) is 16.4 Å². The van der Waals surface area contributed by atoms with E-state index in [0.29, 0.717) is 22.3 Å². The Morgan fingerprint density at radius 1 is 1.35 bits per heavy atom. The second-order valence-corrected chi connectivity index (χ2v) is 5.21. The quantitative estimate of drug-likeness (QED) is 0.488. The third kappa shape index (κ3) is 4.27. The number of aromatic nitrogens is 1. The maximum atomic E-state index is 12.0. The van der Waals surface area contributed by atoms with E-state index in [1.54, 1.807) is 36.8 Å². The number of anilines is 2. The SMILES string of the molecule is COc1ccc(N(C(C)=O)c2nc(/C=N/N=C(N)N)cs2)cc1. The number of methoxy groups -OCH3 is 1. The van der Waals surface area contributed by atoms with Crippen molar-refractivity contribution in [3.8, 4) is 5.75 Å². The van der Waals surface area contributed by atoms with E-state index < -0.39 is 0 Å². The van der Waals surface area contributed by atoms with Gasteiger partial charge in [0.2, 0.25) is 11.9 Å². The van der Waals surface area contributed by atoms with Gasteiger partial charge < -0.3 is 16.2 Å². The molecule has 0 saturated carbocycles. The van der Waals surface area contributed by atoms with Crippen molar-refractivity contribution >= 4 is 40.2 Å². The molecule has 4 N–H and O–H groups in total. The highest BCUT2D eigenvalue weighted by atomic mass is 32.1. The normalized spacial score (nSPS) is 10.5. The Labute approximate surface area is 137 Å². The molecule has 23 heavy (non-hydrogen) atoms. The summed E-state index contributed by atoms with van der Waals surface area (Å²) < 4.78 is 5.12. The standard InChI is InChI=1S/C14H16N6O2S/c1-9(21)20(11-3-5-12(22-2)6-4-11)14-18-10(8-23-14)7-17-19-13(15)16/h3-8H,1-2H3,(H4,15,16,19)/b17-7+. The van der Waals surface area contributed by atoms with Crippen LogP contribution in [0.1, 0.15) is 12.6 Å². The zero-order chi connectivity index (χ0) is 16.8. The van der Waals surface area contributed by atoms with Crippen LogP contribution in [0.4, 0.5) is 10.8 Å². The van der Waals surface area contributed by atoms with Crippen LogP contribution >= 0.6 is 11.3 Å². The number of ether oxygens (including phenoxy) is 1. The predicted molar refractivity (Wildman–Crippen MR) is 91.3 cm³/mol. The van der Waals surface area contributed by atoms with E-state index in [0.717, 1.165) is 0 Å². The van der Waals surface area contributed by atoms with Crippen molar-refractivity contribution < 1.29 is 9.53 Å². The van der Waals surface area contributed by atoms with Gasteiger partial charge in [0.15, 0.2) is 5.13 Å². The van der Waals surface area contributed by atoms with Crippen molar-refractivity contribution in [3.05, 3.63) is 35.3 Å². The van der Waals surface area contributed by atoms with Gasteiger partial charge in [-0.2, -0.15) is 5.10 Å². The molecule has 2 aromatic rings. The number of rotatable bonds is 5. The Balaban J connectivity index is 2.28. The van der Waals surface area contributed by atoms with E-state index in [2.05, 4.69) is 15.2 Å². The molecular weight excluding hydrogens is 316 g/mol. The molecule has 1 aromatic heterocycles. The lowest BCUT2D eigenvalue weighted by atomic mass is 10.3. The van der Waals surface area contributed by atoms with E-state index in [1.165, 1.54) is 29.4 Å². The first kappa shape index (κ1) is 16.4. The molecule has 0 unspecified atom stereocenters. The maximum absolute atomic E-state index is 12.0. The average Bonchev–Trinajstić information content (AvgIpc) is 2.96. The lowest BCUT2D eigenvalue weighted by Gasteiger charge is -2.18. The van der Waals surface area contributed by atoms with Crippen LogP contribution in [0.2, 0.25) is 0 Å². The second-order valence-electron chi connectivity index (χ2n) is 4.38. The van der Waals surface area contributed by atoms with Crippen LogP contribution in [0.25, 0.3) is 0 Å². The first-order valence-corrected chi connectivity index (χ1v) is 7.41. The number of hydrogen-bond donors (Lipinski definition) is 2. The van der Waals surface area contributed by atoms with Gasteiger partial charge in [-0.05, 0) is 24.3 Å². The van der Waals surface area contributed by atoms with Gasteiger partial charge in [0.05, 0.1) is 24.7 Å². The van der Waals surface area contributed by atoms with Crippen LogP contribution < -0.4 is 21.1 Å². The highest BCUT2D eigenvalue weighted by molar-refractivity contribution is 7.14. The van der Waals surface area contributed by atoms with Gasteiger partial charge in [0, 0.05) is 12.3 Å². The minimum Gasteiger partial charge on any atom is -0.497 e. The van der Waals surface area contributed by atoms with Crippen LogP contribution in [0.3, 0.4) is 0 Å². The summed E-state index contributed by atoms with van der Waals surface area (Å²) in [5.41, 5.74) is 11.6. The molecule has 0 saturated heterocycles. The molecule has 0 aliphatic heterocycles. The number of hydrogen-bond acceptors (Lipinski definition) is 6. The van der Waals surface area contributed by atoms with Crippen LogP contribution in [0.15, 0.2) is 39.8 Å². The Hall–Kier alpha value is -2.94. The predicted octanol–water partition coefficient (Wildman–Crippen LogP) is 1.44. The number of thiazole rings is 1. The molecule has 8 nitrogen and oxygen atoms in total. The molecule has 0 bridgehead atoms. The number of benzene rings is 1. The summed E-state index contributed by atoms with van der Waals surface area (Å²) in [5, 5.41) is 9.46. The molecule has 9 heteroatoms. The molecular formula is C14H16N6O2S. The van der Waals surface area contributed by atoms with Gasteiger partial charge in [0.1, 0.15) is 5.75 Å². The first-order chi connectivity index (χ1) is 11.0. The summed E-state index contributed by atoms with van der Waals surface area (Å²) in [6, 6.07) is 7.13. The number of amides is 1. The Morgan fingerprint density at radius 3 is 2.61 bits per heavy atom. The number of carbonyl (C=O) groups is 1. The molecule has 1 amide bonds. The minimum absolute atomic E-state index is 0.139. The Kier molecular flexibility index (Phi) is 5.26. The Bertz CT molecular complexity index is 734. The average molecular weight is 332 g/mol. The number of carbonyl (C=O) groups excluding carboxylic acids is 1. The summed E-state index contributed by atoms with van der Waals surface area (Å²) in [6.07, 6.45) is 1.41. The first-order valence-electron chi connectivity index (χ1n) is 6.53. The third-order valence-corrected chi connectivity index (χ3v) is 3.55. The molecule has 1 heterocycles. The molecule has 0 radical (unpaired) electrons. The van der Waals surface area contributed by atoms with E-state index in [-0.39, 0.29) is 11.9 Å². The summed E-state index contributed by atoms with van der Waals surface area (Å²) in [5.74, 6) is 0.416. The van der Waals surface area contributed by atoms with Crippen LogP contribution in [-0.2, 0) is 4.79 Å². The summed E-state index contributed by atoms with van der Waals surface area (Å²) in [6.45, 7) is 1.47. The zero-order valence-corrected chi connectivity index (χ0v) is 13.4. The molecule has 1 aromatic carbocycles. The van der Waals surface area contributed by atoms with E-state index >= 15 is 0 Å². The topological polar surface area (TPSA) is 119 Å². The van der Waals surface area contributed by atoms with Crippen LogP contribution in [0, 0.1) is 0 Å². The van der Waals surface area contributed by atoms with Crippen molar-refractivity contribution in [2.45, 2.75) is 6.92 Å².